The lowest BCUT2D eigenvalue weighted by Crippen LogP contribution is -2.40. The van der Waals surface area contributed by atoms with Crippen molar-refractivity contribution in [2.45, 2.75) is 52.7 Å². The maximum Gasteiger partial charge on any atom is 0.221 e. The van der Waals surface area contributed by atoms with Gasteiger partial charge < -0.3 is 16.2 Å². The fourth-order valence-corrected chi connectivity index (χ4v) is 0.999. The van der Waals surface area contributed by atoms with Crippen molar-refractivity contribution in [2.24, 2.45) is 11.1 Å². The molecule has 0 fully saturated rings. The molecular weight excluding hydrogens is 192 g/mol. The number of rotatable bonds is 5. The Morgan fingerprint density at radius 2 is 2.00 bits per heavy atom. The van der Waals surface area contributed by atoms with Crippen molar-refractivity contribution in [1.82, 2.24) is 5.32 Å². The first-order valence-corrected chi connectivity index (χ1v) is 5.44. The van der Waals surface area contributed by atoms with Crippen molar-refractivity contribution in [1.29, 1.82) is 0 Å². The van der Waals surface area contributed by atoms with Crippen LogP contribution in [0.15, 0.2) is 0 Å². The Morgan fingerprint density at radius 1 is 1.47 bits per heavy atom. The molecule has 0 aliphatic carbocycles. The molecule has 15 heavy (non-hydrogen) atoms. The Morgan fingerprint density at radius 3 is 2.40 bits per heavy atom. The lowest BCUT2D eigenvalue weighted by Gasteiger charge is -2.26. The highest BCUT2D eigenvalue weighted by atomic mass is 16.3. The Labute approximate surface area is 92.2 Å². The second-order valence-electron chi connectivity index (χ2n) is 5.16. The number of aliphatic hydroxyl groups excluding tert-OH is 1. The molecule has 4 heteroatoms. The van der Waals surface area contributed by atoms with Gasteiger partial charge in [-0.15, -0.1) is 0 Å². The number of hydrogen-bond donors (Lipinski definition) is 3. The van der Waals surface area contributed by atoms with Gasteiger partial charge >= 0.3 is 0 Å². The molecule has 0 bridgehead atoms. The van der Waals surface area contributed by atoms with Gasteiger partial charge in [0.2, 0.25) is 5.91 Å². The number of nitrogens with one attached hydrogen (secondary N) is 1. The van der Waals surface area contributed by atoms with Gasteiger partial charge in [-0.3, -0.25) is 4.79 Å². The number of aliphatic hydroxyl groups is 1. The maximum absolute atomic E-state index is 11.4. The van der Waals surface area contributed by atoms with Crippen LogP contribution in [0.4, 0.5) is 0 Å². The Balaban J connectivity index is 3.75. The second-order valence-corrected chi connectivity index (χ2v) is 5.16. The van der Waals surface area contributed by atoms with E-state index in [1.54, 1.807) is 6.92 Å². The Hall–Kier alpha value is -0.610. The number of carbonyl (C=O) groups is 1. The number of nitrogens with two attached hydrogens (primary N) is 1. The van der Waals surface area contributed by atoms with Gasteiger partial charge in [-0.05, 0) is 18.8 Å². The molecule has 0 radical (unpaired) electrons. The zero-order chi connectivity index (χ0) is 12.1. The quantitative estimate of drug-likeness (QED) is 0.631. The molecule has 0 aromatic carbocycles. The van der Waals surface area contributed by atoms with E-state index in [9.17, 15) is 4.79 Å². The molecule has 1 amide bonds. The van der Waals surface area contributed by atoms with E-state index < -0.39 is 0 Å². The Kier molecular flexibility index (Phi) is 5.83. The highest BCUT2D eigenvalue weighted by molar-refractivity contribution is 5.76. The highest BCUT2D eigenvalue weighted by Gasteiger charge is 2.22. The summed E-state index contributed by atoms with van der Waals surface area (Å²) in [5.74, 6) is -0.0434. The molecule has 0 heterocycles. The molecule has 90 valence electrons. The summed E-state index contributed by atoms with van der Waals surface area (Å²) < 4.78 is 0. The van der Waals surface area contributed by atoms with Gasteiger partial charge in [-0.25, -0.2) is 0 Å². The largest absolute Gasteiger partial charge is 0.393 e. The van der Waals surface area contributed by atoms with Crippen molar-refractivity contribution in [2.75, 3.05) is 6.54 Å². The summed E-state index contributed by atoms with van der Waals surface area (Å²) in [6.07, 6.45) is 0.543. The van der Waals surface area contributed by atoms with E-state index in [4.69, 9.17) is 10.8 Å². The molecule has 0 rings (SSSR count). The summed E-state index contributed by atoms with van der Waals surface area (Å²) in [4.78, 5) is 11.4. The van der Waals surface area contributed by atoms with Gasteiger partial charge in [0.25, 0.3) is 0 Å². The first kappa shape index (κ1) is 14.4. The monoisotopic (exact) mass is 216 g/mol. The first-order valence-electron chi connectivity index (χ1n) is 5.44. The minimum atomic E-state index is -0.374. The molecule has 2 atom stereocenters. The van der Waals surface area contributed by atoms with Crippen LogP contribution in [0.5, 0.6) is 0 Å². The molecule has 0 spiro atoms. The van der Waals surface area contributed by atoms with Crippen LogP contribution in [0.2, 0.25) is 0 Å². The van der Waals surface area contributed by atoms with Gasteiger partial charge in [0, 0.05) is 19.0 Å². The predicted molar refractivity (Wildman–Crippen MR) is 61.4 cm³/mol. The summed E-state index contributed by atoms with van der Waals surface area (Å²) in [5, 5.41) is 11.7. The van der Waals surface area contributed by atoms with Gasteiger partial charge in [-0.2, -0.15) is 0 Å². The van der Waals surface area contributed by atoms with Crippen LogP contribution in [0.3, 0.4) is 0 Å². The average molecular weight is 216 g/mol. The van der Waals surface area contributed by atoms with E-state index in [0.717, 1.165) is 0 Å². The van der Waals surface area contributed by atoms with Crippen molar-refractivity contribution in [3.05, 3.63) is 0 Å². The molecule has 0 saturated heterocycles. The SMILES string of the molecule is CC(O)CCNC(=O)CC(N)C(C)(C)C. The first-order chi connectivity index (χ1) is 6.73. The van der Waals surface area contributed by atoms with Gasteiger partial charge in [0.15, 0.2) is 0 Å². The third kappa shape index (κ3) is 7.33. The summed E-state index contributed by atoms with van der Waals surface area (Å²) >= 11 is 0. The van der Waals surface area contributed by atoms with Crippen LogP contribution < -0.4 is 11.1 Å². The molecule has 0 aliphatic rings. The summed E-state index contributed by atoms with van der Waals surface area (Å²) in [6.45, 7) is 8.25. The minimum Gasteiger partial charge on any atom is -0.393 e. The third-order valence-electron chi connectivity index (χ3n) is 2.40. The fraction of sp³-hybridized carbons (Fsp3) is 0.909. The van der Waals surface area contributed by atoms with Crippen LogP contribution >= 0.6 is 0 Å². The maximum atomic E-state index is 11.4. The summed E-state index contributed by atoms with van der Waals surface area (Å²) in [5.41, 5.74) is 5.82. The van der Waals surface area contributed by atoms with Crippen molar-refractivity contribution >= 4 is 5.91 Å². The van der Waals surface area contributed by atoms with Crippen LogP contribution in [0.25, 0.3) is 0 Å². The molecule has 4 nitrogen and oxygen atoms in total. The molecule has 0 aromatic rings. The zero-order valence-electron chi connectivity index (χ0n) is 10.2. The zero-order valence-corrected chi connectivity index (χ0v) is 10.2. The fourth-order valence-electron chi connectivity index (χ4n) is 0.999. The number of amides is 1. The normalized spacial score (nSPS) is 15.9. The number of hydrogen-bond acceptors (Lipinski definition) is 3. The predicted octanol–water partition coefficient (Wildman–Crippen LogP) is 0.637. The minimum absolute atomic E-state index is 0.0434. The van der Waals surface area contributed by atoms with Gasteiger partial charge in [-0.1, -0.05) is 20.8 Å². The highest BCUT2D eigenvalue weighted by Crippen LogP contribution is 2.19. The van der Waals surface area contributed by atoms with Crippen LogP contribution in [0.1, 0.15) is 40.5 Å². The van der Waals surface area contributed by atoms with E-state index >= 15 is 0 Å². The van der Waals surface area contributed by atoms with E-state index in [-0.39, 0.29) is 23.5 Å². The van der Waals surface area contributed by atoms with Crippen LogP contribution in [0, 0.1) is 5.41 Å². The van der Waals surface area contributed by atoms with Crippen molar-refractivity contribution < 1.29 is 9.90 Å². The standard InChI is InChI=1S/C11H24N2O2/c1-8(14)5-6-13-10(15)7-9(12)11(2,3)4/h8-9,14H,5-7,12H2,1-4H3,(H,13,15). The van der Waals surface area contributed by atoms with E-state index in [1.807, 2.05) is 20.8 Å². The second kappa shape index (κ2) is 6.08. The van der Waals surface area contributed by atoms with Gasteiger partial charge in [0.1, 0.15) is 0 Å². The third-order valence-corrected chi connectivity index (χ3v) is 2.40. The molecule has 0 saturated carbocycles. The van der Waals surface area contributed by atoms with Crippen molar-refractivity contribution in [3.63, 3.8) is 0 Å². The average Bonchev–Trinajstić information content (AvgIpc) is 2.01. The van der Waals surface area contributed by atoms with Crippen LogP contribution in [-0.2, 0) is 4.79 Å². The molecular formula is C11H24N2O2. The van der Waals surface area contributed by atoms with E-state index in [0.29, 0.717) is 19.4 Å². The Bertz CT molecular complexity index is 197. The lowest BCUT2D eigenvalue weighted by molar-refractivity contribution is -0.122. The topological polar surface area (TPSA) is 75.3 Å². The molecule has 2 unspecified atom stereocenters. The molecule has 4 N–H and O–H groups in total. The van der Waals surface area contributed by atoms with E-state index in [2.05, 4.69) is 5.32 Å². The van der Waals surface area contributed by atoms with E-state index in [1.165, 1.54) is 0 Å². The summed E-state index contributed by atoms with van der Waals surface area (Å²) in [6, 6.07) is -0.135. The molecule has 0 aliphatic heterocycles. The lowest BCUT2D eigenvalue weighted by atomic mass is 9.85. The van der Waals surface area contributed by atoms with Gasteiger partial charge in [0.05, 0.1) is 6.10 Å². The van der Waals surface area contributed by atoms with Crippen LogP contribution in [-0.4, -0.2) is 29.7 Å². The van der Waals surface area contributed by atoms with Crippen molar-refractivity contribution in [3.8, 4) is 0 Å². The summed E-state index contributed by atoms with van der Waals surface area (Å²) in [7, 11) is 0. The smallest absolute Gasteiger partial charge is 0.221 e. The number of carbonyl (C=O) groups excluding carboxylic acids is 1. The molecule has 0 aromatic heterocycles.